The van der Waals surface area contributed by atoms with Crippen molar-refractivity contribution >= 4 is 46.0 Å². The highest BCUT2D eigenvalue weighted by molar-refractivity contribution is 7.57. The van der Waals surface area contributed by atoms with Gasteiger partial charge in [-0.2, -0.15) is 0 Å². The molecule has 0 bridgehead atoms. The number of hydrogen-bond donors (Lipinski definition) is 2. The summed E-state index contributed by atoms with van der Waals surface area (Å²) >= 11 is 0. The zero-order valence-electron chi connectivity index (χ0n) is 25.6. The Balaban J connectivity index is 1.15. The van der Waals surface area contributed by atoms with Gasteiger partial charge in [0.25, 0.3) is 0 Å². The van der Waals surface area contributed by atoms with Crippen LogP contribution in [0.15, 0.2) is 91.5 Å². The number of nitrogens with two attached hydrogens (primary N) is 1. The maximum absolute atomic E-state index is 14.4. The van der Waals surface area contributed by atoms with Crippen LogP contribution in [-0.4, -0.2) is 44.6 Å². The van der Waals surface area contributed by atoms with Gasteiger partial charge in [0.1, 0.15) is 23.9 Å². The lowest BCUT2D eigenvalue weighted by Gasteiger charge is -2.26. The van der Waals surface area contributed by atoms with E-state index in [1.807, 2.05) is 73.0 Å². The topological polar surface area (TPSA) is 126 Å². The monoisotopic (exact) mass is 624 g/mol. The number of nitrogens with one attached hydrogen (secondary N) is 1. The average Bonchev–Trinajstić information content (AvgIpc) is 3.44. The fraction of sp³-hybridized carbons (Fsp3) is 0.265. The van der Waals surface area contributed by atoms with Crippen LogP contribution in [0.25, 0.3) is 32.7 Å². The van der Waals surface area contributed by atoms with Gasteiger partial charge in [-0.1, -0.05) is 66.7 Å². The van der Waals surface area contributed by atoms with Gasteiger partial charge < -0.3 is 24.3 Å². The second kappa shape index (κ2) is 13.3. The van der Waals surface area contributed by atoms with Crippen LogP contribution in [0.2, 0.25) is 0 Å². The molecule has 0 aliphatic heterocycles. The van der Waals surface area contributed by atoms with Crippen LogP contribution in [0.1, 0.15) is 25.0 Å². The summed E-state index contributed by atoms with van der Waals surface area (Å²) in [6.45, 7) is 7.10. The number of rotatable bonds is 13. The first-order valence-corrected chi connectivity index (χ1v) is 16.7. The molecule has 3 atom stereocenters. The van der Waals surface area contributed by atoms with Crippen LogP contribution < -0.4 is 15.3 Å². The zero-order valence-corrected chi connectivity index (χ0v) is 26.5. The van der Waals surface area contributed by atoms with E-state index in [4.69, 9.17) is 19.7 Å². The van der Waals surface area contributed by atoms with E-state index in [1.54, 1.807) is 6.33 Å². The van der Waals surface area contributed by atoms with Gasteiger partial charge in [-0.25, -0.2) is 20.0 Å². The van der Waals surface area contributed by atoms with Gasteiger partial charge in [0.05, 0.1) is 32.2 Å². The number of benzene rings is 4. The maximum atomic E-state index is 14.4. The third-order valence-corrected chi connectivity index (χ3v) is 9.52. The molecule has 0 fully saturated rings. The summed E-state index contributed by atoms with van der Waals surface area (Å²) in [4.78, 5) is 12.6. The van der Waals surface area contributed by atoms with E-state index in [0.717, 1.165) is 16.3 Å². The first kappa shape index (κ1) is 30.7. The Hall–Kier alpha value is -4.34. The highest BCUT2D eigenvalue weighted by Gasteiger charge is 2.29. The van der Waals surface area contributed by atoms with Crippen molar-refractivity contribution in [3.63, 3.8) is 0 Å². The molecule has 2 heterocycles. The van der Waals surface area contributed by atoms with Crippen LogP contribution in [0, 0.1) is 6.92 Å². The Morgan fingerprint density at radius 1 is 0.933 bits per heavy atom. The summed E-state index contributed by atoms with van der Waals surface area (Å²) in [5.41, 5.74) is 9.40. The zero-order chi connectivity index (χ0) is 31.4. The number of aryl methyl sites for hydroxylation is 1. The minimum absolute atomic E-state index is 0.155. The van der Waals surface area contributed by atoms with E-state index in [9.17, 15) is 4.57 Å². The molecule has 2 unspecified atom stereocenters. The van der Waals surface area contributed by atoms with Gasteiger partial charge in [-0.15, -0.1) is 0 Å². The molecule has 0 aliphatic carbocycles. The number of anilines is 1. The molecule has 3 N–H and O–H groups in total. The molecule has 0 aliphatic rings. The van der Waals surface area contributed by atoms with Crippen molar-refractivity contribution < 1.29 is 18.6 Å². The number of aromatic nitrogens is 4. The van der Waals surface area contributed by atoms with Gasteiger partial charge in [-0.05, 0) is 65.6 Å². The first-order chi connectivity index (χ1) is 21.8. The van der Waals surface area contributed by atoms with Crippen molar-refractivity contribution in [3.8, 4) is 5.75 Å². The Morgan fingerprint density at radius 3 is 2.53 bits per heavy atom. The molecule has 6 aromatic rings. The lowest BCUT2D eigenvalue weighted by atomic mass is 10.0. The number of ether oxygens (including phenoxy) is 2. The summed E-state index contributed by atoms with van der Waals surface area (Å²) in [7, 11) is -3.56. The van der Waals surface area contributed by atoms with Crippen molar-refractivity contribution in [1.82, 2.24) is 24.6 Å². The number of fused-ring (bicyclic) bond motifs is 3. The normalized spacial score (nSPS) is 14.5. The van der Waals surface area contributed by atoms with Crippen molar-refractivity contribution in [2.45, 2.75) is 46.1 Å². The summed E-state index contributed by atoms with van der Waals surface area (Å²) in [6, 6.07) is 25.9. The van der Waals surface area contributed by atoms with Crippen LogP contribution >= 0.6 is 7.52 Å². The lowest BCUT2D eigenvalue weighted by Crippen LogP contribution is -2.32. The van der Waals surface area contributed by atoms with Crippen LogP contribution in [-0.2, 0) is 27.2 Å². The van der Waals surface area contributed by atoms with E-state index in [2.05, 4.69) is 51.2 Å². The Kier molecular flexibility index (Phi) is 9.09. The molecule has 2 aromatic heterocycles. The van der Waals surface area contributed by atoms with Gasteiger partial charge in [0.2, 0.25) is 0 Å². The van der Waals surface area contributed by atoms with Crippen molar-refractivity contribution in [2.24, 2.45) is 0 Å². The Bertz CT molecular complexity index is 2000. The molecular weight excluding hydrogens is 587 g/mol. The van der Waals surface area contributed by atoms with E-state index < -0.39 is 7.52 Å². The van der Waals surface area contributed by atoms with E-state index in [0.29, 0.717) is 42.5 Å². The molecule has 0 saturated carbocycles. The Morgan fingerprint density at radius 2 is 1.69 bits per heavy atom. The summed E-state index contributed by atoms with van der Waals surface area (Å²) in [5.74, 6) is 0.810. The highest BCUT2D eigenvalue weighted by Crippen LogP contribution is 2.44. The van der Waals surface area contributed by atoms with Crippen LogP contribution in [0.3, 0.4) is 0 Å². The molecule has 0 radical (unpaired) electrons. The second-order valence-electron chi connectivity index (χ2n) is 11.3. The van der Waals surface area contributed by atoms with E-state index in [1.165, 1.54) is 22.7 Å². The summed E-state index contributed by atoms with van der Waals surface area (Å²) in [5, 5.41) is 7.61. The standard InChI is InChI=1S/C34H37N6O4P/c1-23-12-13-27-9-6-7-11-30(27)31(23)19-42-18-24(2)39-45(41,44-29-15-14-26-8-4-5-10-28(26)16-29)22-43-25(3)17-40-21-38-32-33(35)36-20-37-34(32)40/h4-16,20-21,24-25H,17-19,22H2,1-3H3,(H,39,41)(H2,35,36,37)/t24?,25-,45?/m1/s1. The molecule has 0 saturated heterocycles. The van der Waals surface area contributed by atoms with E-state index in [-0.39, 0.29) is 18.5 Å². The number of nitrogen functional groups attached to an aromatic ring is 1. The predicted octanol–water partition coefficient (Wildman–Crippen LogP) is 6.85. The third kappa shape index (κ3) is 7.16. The Labute approximate surface area is 262 Å². The quantitative estimate of drug-likeness (QED) is 0.133. The minimum Gasteiger partial charge on any atom is -0.431 e. The summed E-state index contributed by atoms with van der Waals surface area (Å²) in [6.07, 6.45) is 2.56. The minimum atomic E-state index is -3.56. The molecule has 45 heavy (non-hydrogen) atoms. The largest absolute Gasteiger partial charge is 0.431 e. The van der Waals surface area contributed by atoms with Gasteiger partial charge in [-0.3, -0.25) is 4.57 Å². The first-order valence-electron chi connectivity index (χ1n) is 14.9. The van der Waals surface area contributed by atoms with Gasteiger partial charge >= 0.3 is 7.52 Å². The highest BCUT2D eigenvalue weighted by atomic mass is 31.2. The predicted molar refractivity (Wildman–Crippen MR) is 178 cm³/mol. The lowest BCUT2D eigenvalue weighted by molar-refractivity contribution is 0.0800. The molecule has 10 nitrogen and oxygen atoms in total. The van der Waals surface area contributed by atoms with E-state index >= 15 is 0 Å². The van der Waals surface area contributed by atoms with Crippen molar-refractivity contribution in [2.75, 3.05) is 18.7 Å². The fourth-order valence-corrected chi connectivity index (χ4v) is 7.25. The second-order valence-corrected chi connectivity index (χ2v) is 13.4. The smallest absolute Gasteiger partial charge is 0.342 e. The molecule has 6 rings (SSSR count). The molecule has 0 spiro atoms. The average molecular weight is 625 g/mol. The molecule has 4 aromatic carbocycles. The fourth-order valence-electron chi connectivity index (χ4n) is 5.42. The molecular formula is C34H37N6O4P. The molecule has 11 heteroatoms. The SMILES string of the molecule is Cc1ccc2ccccc2c1COCC(C)NP(=O)(CO[C@H](C)Cn1cnc2c(N)ncnc21)Oc1ccc2ccccc2c1. The van der Waals surface area contributed by atoms with Crippen molar-refractivity contribution in [1.29, 1.82) is 0 Å². The number of imidazole rings is 1. The molecule has 0 amide bonds. The molecule has 232 valence electrons. The third-order valence-electron chi connectivity index (χ3n) is 7.69. The van der Waals surface area contributed by atoms with Crippen molar-refractivity contribution in [3.05, 3.63) is 103 Å². The number of hydrogen-bond acceptors (Lipinski definition) is 8. The van der Waals surface area contributed by atoms with Crippen LogP contribution in [0.4, 0.5) is 5.82 Å². The summed E-state index contributed by atoms with van der Waals surface area (Å²) < 4.78 is 34.7. The van der Waals surface area contributed by atoms with Gasteiger partial charge in [0.15, 0.2) is 11.5 Å². The number of nitrogens with zero attached hydrogens (tertiary/aromatic N) is 4. The van der Waals surface area contributed by atoms with Crippen LogP contribution in [0.5, 0.6) is 5.75 Å². The van der Waals surface area contributed by atoms with Gasteiger partial charge in [0, 0.05) is 6.04 Å². The maximum Gasteiger partial charge on any atom is 0.342 e.